The van der Waals surface area contributed by atoms with E-state index in [0.29, 0.717) is 0 Å². The second-order valence-electron chi connectivity index (χ2n) is 5.53. The molecule has 0 aliphatic carbocycles. The maximum absolute atomic E-state index is 10.3. The molecule has 0 aliphatic heterocycles. The lowest BCUT2D eigenvalue weighted by Gasteiger charge is -2.22. The quantitative estimate of drug-likeness (QED) is 0.552. The topological polar surface area (TPSA) is 88.4 Å². The zero-order chi connectivity index (χ0) is 16.3. The van der Waals surface area contributed by atoms with Gasteiger partial charge in [0, 0.05) is 0 Å². The summed E-state index contributed by atoms with van der Waals surface area (Å²) in [5.41, 5.74) is 0. The Bertz CT molecular complexity index is 494. The van der Waals surface area contributed by atoms with Gasteiger partial charge >= 0.3 is 0 Å². The van der Waals surface area contributed by atoms with E-state index in [1.54, 1.807) is 41.5 Å². The van der Waals surface area contributed by atoms with Crippen molar-refractivity contribution >= 4 is 0 Å². The average molecular weight is 300 g/mol. The molecule has 21 heavy (non-hydrogen) atoms. The monoisotopic (exact) mass is 300 g/mol. The first-order valence-corrected chi connectivity index (χ1v) is 6.95. The molecule has 1 aromatic rings. The highest BCUT2D eigenvalue weighted by Crippen LogP contribution is 2.57. The van der Waals surface area contributed by atoms with Gasteiger partial charge in [-0.25, -0.2) is 0 Å². The third kappa shape index (κ3) is 4.00. The number of ether oxygens (including phenoxy) is 3. The maximum atomic E-state index is 10.3. The van der Waals surface area contributed by atoms with Crippen LogP contribution < -0.4 is 14.2 Å². The zero-order valence-corrected chi connectivity index (χ0v) is 13.3. The molecule has 120 valence electrons. The Kier molecular flexibility index (Phi) is 5.41. The first kappa shape index (κ1) is 17.1. The molecule has 0 unspecified atom stereocenters. The number of phenolic OH excluding ortho intramolecular Hbond substituents is 3. The molecule has 0 radical (unpaired) electrons. The predicted molar refractivity (Wildman–Crippen MR) is 78.7 cm³/mol. The summed E-state index contributed by atoms with van der Waals surface area (Å²) >= 11 is 0. The molecule has 0 atom stereocenters. The van der Waals surface area contributed by atoms with Gasteiger partial charge in [0.15, 0.2) is 0 Å². The van der Waals surface area contributed by atoms with Crippen LogP contribution in [0, 0.1) is 0 Å². The number of phenols is 3. The summed E-state index contributed by atoms with van der Waals surface area (Å²) in [5, 5.41) is 30.4. The van der Waals surface area contributed by atoms with Gasteiger partial charge < -0.3 is 29.5 Å². The molecule has 1 rings (SSSR count). The Balaban J connectivity index is 3.49. The van der Waals surface area contributed by atoms with Crippen molar-refractivity contribution in [3.63, 3.8) is 0 Å². The molecular formula is C15H24O6. The van der Waals surface area contributed by atoms with E-state index >= 15 is 0 Å². The van der Waals surface area contributed by atoms with E-state index in [2.05, 4.69) is 0 Å². The van der Waals surface area contributed by atoms with Crippen LogP contribution >= 0.6 is 0 Å². The molecule has 0 aromatic heterocycles. The fraction of sp³-hybridized carbons (Fsp3) is 0.600. The van der Waals surface area contributed by atoms with Gasteiger partial charge in [-0.15, -0.1) is 0 Å². The molecule has 0 heterocycles. The van der Waals surface area contributed by atoms with Crippen LogP contribution in [0.2, 0.25) is 0 Å². The van der Waals surface area contributed by atoms with E-state index < -0.39 is 17.2 Å². The molecule has 0 fully saturated rings. The lowest BCUT2D eigenvalue weighted by atomic mass is 10.2. The minimum Gasteiger partial charge on any atom is -0.502 e. The Hall–Kier alpha value is -1.98. The molecule has 0 amide bonds. The van der Waals surface area contributed by atoms with Gasteiger partial charge in [0.05, 0.1) is 18.3 Å². The number of hydrogen-bond donors (Lipinski definition) is 3. The average Bonchev–Trinajstić information content (AvgIpc) is 2.35. The van der Waals surface area contributed by atoms with Crippen molar-refractivity contribution in [3.8, 4) is 34.5 Å². The van der Waals surface area contributed by atoms with Crippen molar-refractivity contribution in [1.29, 1.82) is 0 Å². The molecule has 0 spiro atoms. The van der Waals surface area contributed by atoms with E-state index in [0.717, 1.165) is 0 Å². The van der Waals surface area contributed by atoms with Crippen molar-refractivity contribution in [1.82, 2.24) is 0 Å². The Morgan fingerprint density at radius 2 is 0.810 bits per heavy atom. The smallest absolute Gasteiger partial charge is 0.211 e. The fourth-order valence-electron chi connectivity index (χ4n) is 1.68. The van der Waals surface area contributed by atoms with Gasteiger partial charge in [-0.1, -0.05) is 0 Å². The molecule has 6 nitrogen and oxygen atoms in total. The predicted octanol–water partition coefficient (Wildman–Crippen LogP) is 3.17. The molecule has 1 aromatic carbocycles. The maximum Gasteiger partial charge on any atom is 0.211 e. The van der Waals surface area contributed by atoms with E-state index in [1.807, 2.05) is 0 Å². The molecule has 0 bridgehead atoms. The summed E-state index contributed by atoms with van der Waals surface area (Å²) in [5.74, 6) is -1.88. The van der Waals surface area contributed by atoms with Gasteiger partial charge in [-0.2, -0.15) is 0 Å². The third-order valence-corrected chi connectivity index (χ3v) is 2.35. The first-order chi connectivity index (χ1) is 9.65. The Morgan fingerprint density at radius 3 is 1.19 bits per heavy atom. The van der Waals surface area contributed by atoms with Crippen molar-refractivity contribution in [2.24, 2.45) is 0 Å². The minimum absolute atomic E-state index is 0.0512. The van der Waals surface area contributed by atoms with Gasteiger partial charge in [-0.3, -0.25) is 0 Å². The first-order valence-electron chi connectivity index (χ1n) is 6.95. The van der Waals surface area contributed by atoms with Crippen LogP contribution in [-0.4, -0.2) is 33.6 Å². The molecule has 0 aliphatic rings. The summed E-state index contributed by atoms with van der Waals surface area (Å²) in [7, 11) is 0. The van der Waals surface area contributed by atoms with Crippen LogP contribution in [0.4, 0.5) is 0 Å². The molecule has 0 saturated heterocycles. The fourth-order valence-corrected chi connectivity index (χ4v) is 1.68. The summed E-state index contributed by atoms with van der Waals surface area (Å²) in [6, 6.07) is 0. The molecule has 3 N–H and O–H groups in total. The standard InChI is InChI=1S/C15H24O6/c1-7(2)19-13-10(16)11(17)14(20-8(3)4)15(12(13)18)21-9(5)6/h7-9,16-18H,1-6H3. The summed E-state index contributed by atoms with van der Waals surface area (Å²) in [4.78, 5) is 0. The van der Waals surface area contributed by atoms with Gasteiger partial charge in [-0.05, 0) is 41.5 Å². The second-order valence-corrected chi connectivity index (χ2v) is 5.53. The van der Waals surface area contributed by atoms with Crippen LogP contribution in [-0.2, 0) is 0 Å². The van der Waals surface area contributed by atoms with Crippen LogP contribution in [0.5, 0.6) is 34.5 Å². The Morgan fingerprint density at radius 1 is 0.524 bits per heavy atom. The highest BCUT2D eigenvalue weighted by atomic mass is 16.5. The van der Waals surface area contributed by atoms with Crippen LogP contribution in [0.15, 0.2) is 0 Å². The van der Waals surface area contributed by atoms with E-state index in [-0.39, 0.29) is 35.6 Å². The number of rotatable bonds is 6. The summed E-state index contributed by atoms with van der Waals surface area (Å²) in [6.07, 6.45) is -0.840. The van der Waals surface area contributed by atoms with E-state index in [1.165, 1.54) is 0 Å². The minimum atomic E-state index is -0.576. The Labute approximate surface area is 124 Å². The second kappa shape index (κ2) is 6.65. The van der Waals surface area contributed by atoms with Crippen LogP contribution in [0.3, 0.4) is 0 Å². The normalized spacial score (nSPS) is 11.3. The number of benzene rings is 1. The molecule has 0 saturated carbocycles. The van der Waals surface area contributed by atoms with Crippen LogP contribution in [0.1, 0.15) is 41.5 Å². The van der Waals surface area contributed by atoms with Crippen molar-refractivity contribution in [2.45, 2.75) is 59.9 Å². The largest absolute Gasteiger partial charge is 0.502 e. The summed E-state index contributed by atoms with van der Waals surface area (Å²) in [6.45, 7) is 10.5. The van der Waals surface area contributed by atoms with Crippen molar-refractivity contribution in [3.05, 3.63) is 0 Å². The molecular weight excluding hydrogens is 276 g/mol. The summed E-state index contributed by atoms with van der Waals surface area (Å²) < 4.78 is 16.3. The van der Waals surface area contributed by atoms with E-state index in [9.17, 15) is 15.3 Å². The van der Waals surface area contributed by atoms with Crippen molar-refractivity contribution in [2.75, 3.05) is 0 Å². The van der Waals surface area contributed by atoms with Gasteiger partial charge in [0.25, 0.3) is 0 Å². The van der Waals surface area contributed by atoms with Crippen LogP contribution in [0.25, 0.3) is 0 Å². The van der Waals surface area contributed by atoms with Gasteiger partial charge in [0.2, 0.25) is 34.5 Å². The van der Waals surface area contributed by atoms with E-state index in [4.69, 9.17) is 14.2 Å². The number of aromatic hydroxyl groups is 3. The highest BCUT2D eigenvalue weighted by molar-refractivity contribution is 5.72. The van der Waals surface area contributed by atoms with Crippen molar-refractivity contribution < 1.29 is 29.5 Å². The lowest BCUT2D eigenvalue weighted by Crippen LogP contribution is -2.12. The highest BCUT2D eigenvalue weighted by Gasteiger charge is 2.29. The SMILES string of the molecule is CC(C)Oc1c(O)c(O)c(OC(C)C)c(OC(C)C)c1O. The zero-order valence-electron chi connectivity index (χ0n) is 13.3. The lowest BCUT2D eigenvalue weighted by molar-refractivity contribution is 0.173. The third-order valence-electron chi connectivity index (χ3n) is 2.35. The number of hydrogen-bond acceptors (Lipinski definition) is 6. The van der Waals surface area contributed by atoms with Gasteiger partial charge in [0.1, 0.15) is 0 Å². The molecule has 6 heteroatoms.